The Hall–Kier alpha value is -4.68. The molecule has 1 aliphatic rings. The molecule has 1 fully saturated rings. The molecule has 5 rings (SSSR count). The molecule has 4 aromatic rings. The lowest BCUT2D eigenvalue weighted by atomic mass is 10.0. The number of nitriles is 1. The van der Waals surface area contributed by atoms with Crippen molar-refractivity contribution in [2.45, 2.75) is 45.3 Å². The zero-order valence-electron chi connectivity index (χ0n) is 24.1. The lowest BCUT2D eigenvalue weighted by Crippen LogP contribution is -2.41. The predicted molar refractivity (Wildman–Crippen MR) is 163 cm³/mol. The van der Waals surface area contributed by atoms with Crippen LogP contribution >= 0.6 is 11.6 Å². The third-order valence-corrected chi connectivity index (χ3v) is 7.57. The molecular formula is C33H31ClFN5O3. The molecule has 0 radical (unpaired) electrons. The van der Waals surface area contributed by atoms with Crippen molar-refractivity contribution in [3.8, 4) is 23.1 Å². The van der Waals surface area contributed by atoms with Crippen molar-refractivity contribution >= 4 is 29.1 Å². The number of nitrogens with one attached hydrogen (secondary N) is 1. The average molecular weight is 600 g/mol. The van der Waals surface area contributed by atoms with Gasteiger partial charge in [-0.1, -0.05) is 11.6 Å². The highest BCUT2D eigenvalue weighted by Crippen LogP contribution is 2.31. The van der Waals surface area contributed by atoms with Crippen molar-refractivity contribution in [1.29, 1.82) is 5.26 Å². The SMILES string of the molecule is CC(C)(C)n1ncc(C(=O)Nc2ccc(Cl)c(C(=O)N3CCC(Oc4ccc(C#N)cc4)CC3)c2)c1-c1ccc(F)cc1. The van der Waals surface area contributed by atoms with E-state index in [-0.39, 0.29) is 28.4 Å². The summed E-state index contributed by atoms with van der Waals surface area (Å²) in [7, 11) is 0. The van der Waals surface area contributed by atoms with Gasteiger partial charge < -0.3 is 15.0 Å². The first kappa shape index (κ1) is 29.8. The number of anilines is 1. The highest BCUT2D eigenvalue weighted by molar-refractivity contribution is 6.34. The minimum atomic E-state index is -0.442. The molecule has 8 nitrogen and oxygen atoms in total. The molecule has 0 spiro atoms. The van der Waals surface area contributed by atoms with Crippen LogP contribution < -0.4 is 10.1 Å². The molecule has 1 N–H and O–H groups in total. The smallest absolute Gasteiger partial charge is 0.259 e. The van der Waals surface area contributed by atoms with Crippen LogP contribution in [0.25, 0.3) is 11.3 Å². The molecule has 1 saturated heterocycles. The number of amides is 2. The Balaban J connectivity index is 1.29. The molecule has 0 unspecified atom stereocenters. The Morgan fingerprint density at radius 2 is 1.70 bits per heavy atom. The number of halogens is 2. The number of nitrogens with zero attached hydrogens (tertiary/aromatic N) is 4. The second-order valence-electron chi connectivity index (χ2n) is 11.4. The van der Waals surface area contributed by atoms with Gasteiger partial charge in [0.1, 0.15) is 17.7 Å². The number of piperidine rings is 1. The van der Waals surface area contributed by atoms with Gasteiger partial charge in [-0.3, -0.25) is 14.3 Å². The Labute approximate surface area is 254 Å². The summed E-state index contributed by atoms with van der Waals surface area (Å²) in [5.74, 6) is -0.342. The van der Waals surface area contributed by atoms with Crippen molar-refractivity contribution in [1.82, 2.24) is 14.7 Å². The van der Waals surface area contributed by atoms with Gasteiger partial charge in [-0.15, -0.1) is 0 Å². The monoisotopic (exact) mass is 599 g/mol. The van der Waals surface area contributed by atoms with Crippen molar-refractivity contribution in [3.05, 3.63) is 100 Å². The fourth-order valence-electron chi connectivity index (χ4n) is 5.02. The van der Waals surface area contributed by atoms with Gasteiger partial charge >= 0.3 is 0 Å². The highest BCUT2D eigenvalue weighted by atomic mass is 35.5. The van der Waals surface area contributed by atoms with E-state index in [0.717, 1.165) is 0 Å². The first-order valence-electron chi connectivity index (χ1n) is 13.9. The number of rotatable bonds is 6. The molecular weight excluding hydrogens is 569 g/mol. The molecule has 0 aliphatic carbocycles. The molecule has 0 saturated carbocycles. The molecule has 2 heterocycles. The topological polar surface area (TPSA) is 100 Å². The van der Waals surface area contributed by atoms with Gasteiger partial charge in [0.2, 0.25) is 0 Å². The molecule has 43 heavy (non-hydrogen) atoms. The Bertz CT molecular complexity index is 1680. The van der Waals surface area contributed by atoms with E-state index >= 15 is 0 Å². The van der Waals surface area contributed by atoms with Crippen molar-refractivity contribution in [2.75, 3.05) is 18.4 Å². The predicted octanol–water partition coefficient (Wildman–Crippen LogP) is 6.91. The number of ether oxygens (including phenoxy) is 1. The summed E-state index contributed by atoms with van der Waals surface area (Å²) < 4.78 is 21.4. The van der Waals surface area contributed by atoms with Crippen molar-refractivity contribution in [2.24, 2.45) is 0 Å². The summed E-state index contributed by atoms with van der Waals surface area (Å²) >= 11 is 6.44. The standard InChI is InChI=1S/C33H31ClFN5O3/c1-33(2,3)40-30(22-6-8-23(35)9-7-22)28(20-37-40)31(41)38-24-10-13-29(34)27(18-24)32(42)39-16-14-26(15-17-39)43-25-11-4-21(19-36)5-12-25/h4-13,18,20,26H,14-17H2,1-3H3,(H,38,41). The quantitative estimate of drug-likeness (QED) is 0.260. The van der Waals surface area contributed by atoms with Crippen LogP contribution in [-0.4, -0.2) is 45.7 Å². The average Bonchev–Trinajstić information content (AvgIpc) is 3.45. The number of carbonyl (C=O) groups excluding carboxylic acids is 2. The Kier molecular flexibility index (Phi) is 8.51. The van der Waals surface area contributed by atoms with E-state index in [9.17, 15) is 14.0 Å². The van der Waals surface area contributed by atoms with Crippen LogP contribution in [0.1, 0.15) is 59.9 Å². The van der Waals surface area contributed by atoms with Gasteiger partial charge in [0.05, 0.1) is 45.2 Å². The first-order chi connectivity index (χ1) is 20.5. The zero-order chi connectivity index (χ0) is 30.7. The van der Waals surface area contributed by atoms with Crippen LogP contribution in [0.5, 0.6) is 5.75 Å². The molecule has 3 aromatic carbocycles. The van der Waals surface area contributed by atoms with E-state index in [0.29, 0.717) is 59.8 Å². The maximum atomic E-state index is 13.7. The molecule has 1 aliphatic heterocycles. The number of hydrogen-bond acceptors (Lipinski definition) is 5. The number of aromatic nitrogens is 2. The second kappa shape index (κ2) is 12.3. The Morgan fingerprint density at radius 1 is 1.02 bits per heavy atom. The van der Waals surface area contributed by atoms with Gasteiger partial charge in [-0.2, -0.15) is 10.4 Å². The largest absolute Gasteiger partial charge is 0.490 e. The molecule has 1 aromatic heterocycles. The minimum Gasteiger partial charge on any atom is -0.490 e. The summed E-state index contributed by atoms with van der Waals surface area (Å²) in [6, 6.07) is 19.8. The van der Waals surface area contributed by atoms with E-state index in [4.69, 9.17) is 21.6 Å². The highest BCUT2D eigenvalue weighted by Gasteiger charge is 2.28. The van der Waals surface area contributed by atoms with E-state index in [2.05, 4.69) is 16.5 Å². The zero-order valence-corrected chi connectivity index (χ0v) is 24.9. The number of likely N-dealkylation sites (tertiary alicyclic amines) is 1. The molecule has 10 heteroatoms. The molecule has 0 bridgehead atoms. The van der Waals surface area contributed by atoms with Gasteiger partial charge in [0.15, 0.2) is 0 Å². The van der Waals surface area contributed by atoms with Crippen LogP contribution in [0, 0.1) is 17.1 Å². The van der Waals surface area contributed by atoms with E-state index < -0.39 is 11.4 Å². The van der Waals surface area contributed by atoms with E-state index in [1.807, 2.05) is 20.8 Å². The van der Waals surface area contributed by atoms with Crippen molar-refractivity contribution < 1.29 is 18.7 Å². The van der Waals surface area contributed by atoms with E-state index in [1.165, 1.54) is 18.3 Å². The Morgan fingerprint density at radius 3 is 2.33 bits per heavy atom. The van der Waals surface area contributed by atoms with Gasteiger partial charge in [-0.25, -0.2) is 4.39 Å². The van der Waals surface area contributed by atoms with Gasteiger partial charge in [-0.05, 0) is 87.5 Å². The number of hydrogen-bond donors (Lipinski definition) is 1. The van der Waals surface area contributed by atoms with Crippen LogP contribution in [0.15, 0.2) is 72.9 Å². The van der Waals surface area contributed by atoms with Crippen LogP contribution in [0.3, 0.4) is 0 Å². The van der Waals surface area contributed by atoms with Crippen LogP contribution in [-0.2, 0) is 5.54 Å². The van der Waals surface area contributed by atoms with E-state index in [1.54, 1.807) is 64.2 Å². The lowest BCUT2D eigenvalue weighted by Gasteiger charge is -2.32. The van der Waals surface area contributed by atoms with Gasteiger partial charge in [0.25, 0.3) is 11.8 Å². The number of carbonyl (C=O) groups is 2. The third-order valence-electron chi connectivity index (χ3n) is 7.24. The maximum Gasteiger partial charge on any atom is 0.259 e. The molecule has 220 valence electrons. The maximum absolute atomic E-state index is 13.7. The normalized spacial score (nSPS) is 13.8. The lowest BCUT2D eigenvalue weighted by molar-refractivity contribution is 0.0595. The summed E-state index contributed by atoms with van der Waals surface area (Å²) in [4.78, 5) is 28.7. The minimum absolute atomic E-state index is 0.0533. The second-order valence-corrected chi connectivity index (χ2v) is 11.8. The van der Waals surface area contributed by atoms with Crippen molar-refractivity contribution in [3.63, 3.8) is 0 Å². The first-order valence-corrected chi connectivity index (χ1v) is 14.3. The van der Waals surface area contributed by atoms with Crippen LogP contribution in [0.2, 0.25) is 5.02 Å². The fourth-order valence-corrected chi connectivity index (χ4v) is 5.22. The van der Waals surface area contributed by atoms with Gasteiger partial charge in [0, 0.05) is 37.2 Å². The molecule has 0 atom stereocenters. The summed E-state index contributed by atoms with van der Waals surface area (Å²) in [6.07, 6.45) is 2.72. The summed E-state index contributed by atoms with van der Waals surface area (Å²) in [5, 5.41) is 16.6. The third kappa shape index (κ3) is 6.71. The summed E-state index contributed by atoms with van der Waals surface area (Å²) in [6.45, 7) is 6.87. The molecule has 2 amide bonds. The number of benzene rings is 3. The fraction of sp³-hybridized carbons (Fsp3) is 0.273. The summed E-state index contributed by atoms with van der Waals surface area (Å²) in [5.41, 5.74) is 2.34. The van der Waals surface area contributed by atoms with Crippen LogP contribution in [0.4, 0.5) is 10.1 Å².